The Morgan fingerprint density at radius 2 is 2.13 bits per heavy atom. The van der Waals surface area contributed by atoms with Crippen LogP contribution < -0.4 is 20.3 Å². The van der Waals surface area contributed by atoms with Gasteiger partial charge in [-0.05, 0) is 31.4 Å². The molecule has 3 fully saturated rings. The van der Waals surface area contributed by atoms with Gasteiger partial charge in [-0.15, -0.1) is 0 Å². The fourth-order valence-electron chi connectivity index (χ4n) is 4.22. The molecule has 2 bridgehead atoms. The van der Waals surface area contributed by atoms with E-state index in [0.717, 1.165) is 25.3 Å². The molecule has 0 amide bonds. The molecule has 2 aliphatic heterocycles. The topological polar surface area (TPSA) is 88.1 Å². The van der Waals surface area contributed by atoms with Crippen molar-refractivity contribution in [2.75, 3.05) is 29.9 Å². The van der Waals surface area contributed by atoms with Gasteiger partial charge in [0, 0.05) is 31.2 Å². The lowest BCUT2D eigenvalue weighted by Gasteiger charge is -2.28. The fraction of sp³-hybridized carbons (Fsp3) is 0.429. The largest absolute Gasteiger partial charge is 0.489 e. The summed E-state index contributed by atoms with van der Waals surface area (Å²) in [5.74, 6) is 0.793. The molecule has 5 heterocycles. The normalized spacial score (nSPS) is 23.4. The van der Waals surface area contributed by atoms with Gasteiger partial charge in [0.15, 0.2) is 17.5 Å². The van der Waals surface area contributed by atoms with Gasteiger partial charge in [0.1, 0.15) is 35.7 Å². The number of nitrogens with one attached hydrogen (secondary N) is 2. The van der Waals surface area contributed by atoms with Gasteiger partial charge in [0.25, 0.3) is 0 Å². The third-order valence-corrected chi connectivity index (χ3v) is 6.16. The van der Waals surface area contributed by atoms with E-state index >= 15 is 0 Å². The minimum atomic E-state index is -1.28. The molecule has 1 saturated carbocycles. The molecular formula is C21H21F2N7O. The smallest absolute Gasteiger partial charge is 0.169 e. The van der Waals surface area contributed by atoms with Crippen LogP contribution >= 0.6 is 0 Å². The minimum absolute atomic E-state index is 0.00892. The standard InChI is InChI=1S/C21H21F2N7O/c22-15-6-14(31-10-21(23)3-4-21)8-25-19(15)29-20-18-16(26-11-27-20)1-2-17(28-18)30-9-12-5-13(30)7-24-12/h1-2,6,8,11-13,24H,3-5,7,9-10H2,(H,25,26,27,29)/t12-,13-/m0/s1. The number of halogens is 2. The first-order valence-corrected chi connectivity index (χ1v) is 10.4. The number of aromatic nitrogens is 4. The van der Waals surface area contributed by atoms with Crippen LogP contribution in [0, 0.1) is 5.82 Å². The molecule has 3 aliphatic rings. The van der Waals surface area contributed by atoms with Crippen molar-refractivity contribution in [1.82, 2.24) is 25.3 Å². The second-order valence-corrected chi connectivity index (χ2v) is 8.47. The summed E-state index contributed by atoms with van der Waals surface area (Å²) in [6.07, 6.45) is 4.84. The van der Waals surface area contributed by atoms with E-state index in [0.29, 0.717) is 41.8 Å². The van der Waals surface area contributed by atoms with Gasteiger partial charge in [-0.3, -0.25) is 0 Å². The Balaban J connectivity index is 1.26. The molecule has 31 heavy (non-hydrogen) atoms. The maximum Gasteiger partial charge on any atom is 0.169 e. The minimum Gasteiger partial charge on any atom is -0.489 e. The fourth-order valence-corrected chi connectivity index (χ4v) is 4.22. The van der Waals surface area contributed by atoms with E-state index in [1.165, 1.54) is 18.6 Å². The van der Waals surface area contributed by atoms with Gasteiger partial charge in [-0.2, -0.15) is 0 Å². The number of hydrogen-bond acceptors (Lipinski definition) is 8. The highest BCUT2D eigenvalue weighted by Gasteiger charge is 2.44. The number of alkyl halides is 1. The van der Waals surface area contributed by atoms with E-state index in [1.807, 2.05) is 12.1 Å². The van der Waals surface area contributed by atoms with E-state index in [-0.39, 0.29) is 18.2 Å². The first-order chi connectivity index (χ1) is 15.1. The van der Waals surface area contributed by atoms with Crippen molar-refractivity contribution < 1.29 is 13.5 Å². The summed E-state index contributed by atoms with van der Waals surface area (Å²) in [5, 5.41) is 6.40. The molecule has 3 aromatic heterocycles. The second-order valence-electron chi connectivity index (χ2n) is 8.47. The van der Waals surface area contributed by atoms with E-state index in [9.17, 15) is 8.78 Å². The summed E-state index contributed by atoms with van der Waals surface area (Å²) in [5.41, 5.74) is -0.0752. The number of nitrogens with zero attached hydrogens (tertiary/aromatic N) is 5. The molecule has 0 radical (unpaired) electrons. The van der Waals surface area contributed by atoms with Gasteiger partial charge in [0.05, 0.1) is 11.7 Å². The van der Waals surface area contributed by atoms with Crippen molar-refractivity contribution >= 4 is 28.5 Å². The molecular weight excluding hydrogens is 404 g/mol. The first-order valence-electron chi connectivity index (χ1n) is 10.4. The zero-order valence-electron chi connectivity index (χ0n) is 16.7. The Kier molecular flexibility index (Phi) is 4.17. The lowest BCUT2D eigenvalue weighted by atomic mass is 10.2. The Morgan fingerprint density at radius 1 is 1.23 bits per heavy atom. The molecule has 3 aromatic rings. The van der Waals surface area contributed by atoms with Crippen LogP contribution in [0.5, 0.6) is 5.75 Å². The second kappa shape index (κ2) is 6.94. The molecule has 2 saturated heterocycles. The van der Waals surface area contributed by atoms with E-state index < -0.39 is 11.5 Å². The molecule has 2 N–H and O–H groups in total. The third kappa shape index (κ3) is 3.50. The van der Waals surface area contributed by atoms with E-state index in [2.05, 4.69) is 30.5 Å². The Bertz CT molecular complexity index is 1160. The number of fused-ring (bicyclic) bond motifs is 3. The number of rotatable bonds is 6. The SMILES string of the molecule is Fc1cc(OCC2(F)CC2)cnc1Nc1ncnc2ccc(N3C[C@@H]4C[C@H]3CN4)nc12. The summed E-state index contributed by atoms with van der Waals surface area (Å²) < 4.78 is 33.7. The van der Waals surface area contributed by atoms with Crippen LogP contribution in [0.3, 0.4) is 0 Å². The molecule has 10 heteroatoms. The lowest BCUT2D eigenvalue weighted by Crippen LogP contribution is -2.44. The number of hydrogen-bond donors (Lipinski definition) is 2. The number of pyridine rings is 2. The Labute approximate surface area is 177 Å². The molecule has 6 rings (SSSR count). The van der Waals surface area contributed by atoms with Crippen molar-refractivity contribution in [2.24, 2.45) is 0 Å². The summed E-state index contributed by atoms with van der Waals surface area (Å²) in [6, 6.07) is 5.98. The van der Waals surface area contributed by atoms with Gasteiger partial charge in [-0.1, -0.05) is 0 Å². The zero-order chi connectivity index (χ0) is 21.0. The number of piperazine rings is 1. The molecule has 160 valence electrons. The highest BCUT2D eigenvalue weighted by atomic mass is 19.1. The van der Waals surface area contributed by atoms with Crippen molar-refractivity contribution in [3.05, 3.63) is 36.5 Å². The maximum atomic E-state index is 14.6. The lowest BCUT2D eigenvalue weighted by molar-refractivity contribution is 0.177. The Morgan fingerprint density at radius 3 is 2.87 bits per heavy atom. The van der Waals surface area contributed by atoms with Gasteiger partial charge >= 0.3 is 0 Å². The van der Waals surface area contributed by atoms with Crippen LogP contribution in [0.1, 0.15) is 19.3 Å². The van der Waals surface area contributed by atoms with E-state index in [4.69, 9.17) is 9.72 Å². The predicted octanol–water partition coefficient (Wildman–Crippen LogP) is 2.73. The third-order valence-electron chi connectivity index (χ3n) is 6.16. The van der Waals surface area contributed by atoms with Crippen LogP contribution in [0.15, 0.2) is 30.7 Å². The van der Waals surface area contributed by atoms with Crippen molar-refractivity contribution in [2.45, 2.75) is 37.0 Å². The molecule has 2 atom stereocenters. The summed E-state index contributed by atoms with van der Waals surface area (Å²) in [7, 11) is 0. The van der Waals surface area contributed by atoms with Gasteiger partial charge < -0.3 is 20.3 Å². The number of ether oxygens (including phenoxy) is 1. The van der Waals surface area contributed by atoms with Crippen LogP contribution in [-0.2, 0) is 0 Å². The van der Waals surface area contributed by atoms with Crippen LogP contribution in [0.4, 0.5) is 26.2 Å². The average Bonchev–Trinajstić information content (AvgIpc) is 3.18. The maximum absolute atomic E-state index is 14.6. The van der Waals surface area contributed by atoms with Crippen molar-refractivity contribution in [3.63, 3.8) is 0 Å². The molecule has 1 aliphatic carbocycles. The summed E-state index contributed by atoms with van der Waals surface area (Å²) in [4.78, 5) is 19.7. The van der Waals surface area contributed by atoms with Crippen LogP contribution in [0.25, 0.3) is 11.0 Å². The molecule has 0 unspecified atom stereocenters. The highest BCUT2D eigenvalue weighted by molar-refractivity contribution is 5.87. The van der Waals surface area contributed by atoms with Crippen LogP contribution in [-0.4, -0.2) is 57.4 Å². The quantitative estimate of drug-likeness (QED) is 0.623. The predicted molar refractivity (Wildman–Crippen MR) is 111 cm³/mol. The highest BCUT2D eigenvalue weighted by Crippen LogP contribution is 2.40. The van der Waals surface area contributed by atoms with Crippen molar-refractivity contribution in [1.29, 1.82) is 0 Å². The van der Waals surface area contributed by atoms with Gasteiger partial charge in [0.2, 0.25) is 0 Å². The molecule has 0 spiro atoms. The molecule has 0 aromatic carbocycles. The summed E-state index contributed by atoms with van der Waals surface area (Å²) in [6.45, 7) is 1.78. The first kappa shape index (κ1) is 18.6. The monoisotopic (exact) mass is 425 g/mol. The van der Waals surface area contributed by atoms with Crippen molar-refractivity contribution in [3.8, 4) is 5.75 Å². The summed E-state index contributed by atoms with van der Waals surface area (Å²) >= 11 is 0. The zero-order valence-corrected chi connectivity index (χ0v) is 16.7. The number of anilines is 3. The molecule has 8 nitrogen and oxygen atoms in total. The Hall–Kier alpha value is -3.14. The van der Waals surface area contributed by atoms with Gasteiger partial charge in [-0.25, -0.2) is 28.7 Å². The van der Waals surface area contributed by atoms with Crippen LogP contribution in [0.2, 0.25) is 0 Å². The van der Waals surface area contributed by atoms with E-state index in [1.54, 1.807) is 0 Å². The average molecular weight is 425 g/mol.